The van der Waals surface area contributed by atoms with Gasteiger partial charge >= 0.3 is 0 Å². The molecule has 3 aromatic rings. The van der Waals surface area contributed by atoms with Crippen molar-refractivity contribution in [3.63, 3.8) is 0 Å². The molecule has 1 aliphatic rings. The van der Waals surface area contributed by atoms with Crippen molar-refractivity contribution in [1.29, 1.82) is 5.26 Å². The summed E-state index contributed by atoms with van der Waals surface area (Å²) in [6.07, 6.45) is 4.58. The van der Waals surface area contributed by atoms with E-state index < -0.39 is 0 Å². The predicted octanol–water partition coefficient (Wildman–Crippen LogP) is 5.75. The van der Waals surface area contributed by atoms with Gasteiger partial charge in [-0.1, -0.05) is 41.2 Å². The fourth-order valence-corrected chi connectivity index (χ4v) is 4.19. The summed E-state index contributed by atoms with van der Waals surface area (Å²) in [4.78, 5) is 13.7. The first-order valence-corrected chi connectivity index (χ1v) is 10.9. The topological polar surface area (TPSA) is 65.2 Å². The number of nitriles is 1. The van der Waals surface area contributed by atoms with Crippen LogP contribution in [0.2, 0.25) is 15.1 Å². The van der Waals surface area contributed by atoms with Gasteiger partial charge in [-0.3, -0.25) is 4.79 Å². The molecule has 158 valence electrons. The fraction of sp³-hybridized carbons (Fsp3) is 0.227. The number of carbonyl (C=O) groups is 1. The van der Waals surface area contributed by atoms with E-state index in [4.69, 9.17) is 34.8 Å². The van der Waals surface area contributed by atoms with Crippen LogP contribution in [0.3, 0.4) is 0 Å². The molecule has 9 heteroatoms. The molecule has 1 saturated heterocycles. The first-order valence-electron chi connectivity index (χ1n) is 9.78. The predicted molar refractivity (Wildman–Crippen MR) is 122 cm³/mol. The summed E-state index contributed by atoms with van der Waals surface area (Å²) in [5, 5.41) is 19.1. The molecule has 0 N–H and O–H groups in total. The number of hydrogen-bond acceptors (Lipinski definition) is 4. The van der Waals surface area contributed by atoms with Gasteiger partial charge in [-0.15, -0.1) is 0 Å². The lowest BCUT2D eigenvalue weighted by Crippen LogP contribution is -2.49. The molecule has 6 nitrogen and oxygen atoms in total. The molecule has 1 aliphatic heterocycles. The number of hydrogen-bond donors (Lipinski definition) is 0. The van der Waals surface area contributed by atoms with E-state index >= 15 is 0 Å². The second kappa shape index (κ2) is 9.29. The molecule has 4 rings (SSSR count). The molecular formula is C22H18Cl3N5O. The first kappa shape index (κ1) is 21.7. The van der Waals surface area contributed by atoms with Crippen molar-refractivity contribution in [1.82, 2.24) is 14.8 Å². The van der Waals surface area contributed by atoms with Crippen LogP contribution < -0.4 is 5.01 Å². The maximum absolute atomic E-state index is 13.7. The van der Waals surface area contributed by atoms with E-state index in [1.807, 2.05) is 5.01 Å². The molecule has 0 spiro atoms. The minimum atomic E-state index is -0.385. The van der Waals surface area contributed by atoms with Crippen LogP contribution in [0.25, 0.3) is 5.69 Å². The average molecular weight is 475 g/mol. The van der Waals surface area contributed by atoms with E-state index in [9.17, 15) is 10.1 Å². The quantitative estimate of drug-likeness (QED) is 0.483. The van der Waals surface area contributed by atoms with Gasteiger partial charge in [0, 0.05) is 29.3 Å². The van der Waals surface area contributed by atoms with Crippen LogP contribution in [0, 0.1) is 11.3 Å². The zero-order valence-electron chi connectivity index (χ0n) is 16.4. The van der Waals surface area contributed by atoms with Crippen molar-refractivity contribution in [2.75, 3.05) is 18.1 Å². The molecule has 2 heterocycles. The monoisotopic (exact) mass is 473 g/mol. The lowest BCUT2D eigenvalue weighted by Gasteiger charge is -2.37. The van der Waals surface area contributed by atoms with Crippen molar-refractivity contribution in [3.8, 4) is 11.8 Å². The van der Waals surface area contributed by atoms with Crippen LogP contribution in [-0.2, 0) is 0 Å². The van der Waals surface area contributed by atoms with Gasteiger partial charge < -0.3 is 0 Å². The van der Waals surface area contributed by atoms with Crippen LogP contribution in [0.5, 0.6) is 0 Å². The van der Waals surface area contributed by atoms with Gasteiger partial charge in [0.25, 0.3) is 5.91 Å². The zero-order valence-corrected chi connectivity index (χ0v) is 18.7. The highest BCUT2D eigenvalue weighted by molar-refractivity contribution is 6.35. The molecule has 31 heavy (non-hydrogen) atoms. The van der Waals surface area contributed by atoms with Gasteiger partial charge in [-0.05, 0) is 55.3 Å². The number of halogens is 3. The van der Waals surface area contributed by atoms with E-state index in [1.165, 1.54) is 10.9 Å². The maximum atomic E-state index is 13.7. The van der Waals surface area contributed by atoms with E-state index in [0.717, 1.165) is 32.4 Å². The third kappa shape index (κ3) is 4.56. The van der Waals surface area contributed by atoms with Crippen molar-refractivity contribution >= 4 is 46.4 Å². The third-order valence-electron chi connectivity index (χ3n) is 5.07. The van der Waals surface area contributed by atoms with Crippen molar-refractivity contribution in [2.45, 2.75) is 19.3 Å². The summed E-state index contributed by atoms with van der Waals surface area (Å²) in [5.41, 5.74) is 1.40. The summed E-state index contributed by atoms with van der Waals surface area (Å²) in [5.74, 6) is -0.385. The molecule has 1 aromatic heterocycles. The van der Waals surface area contributed by atoms with Gasteiger partial charge in [0.1, 0.15) is 11.6 Å². The molecule has 0 bridgehead atoms. The summed E-state index contributed by atoms with van der Waals surface area (Å²) < 4.78 is 1.43. The van der Waals surface area contributed by atoms with Crippen LogP contribution in [0.1, 0.15) is 35.3 Å². The van der Waals surface area contributed by atoms with Gasteiger partial charge in [0.05, 0.1) is 16.4 Å². The molecule has 2 aromatic carbocycles. The second-order valence-corrected chi connectivity index (χ2v) is 8.43. The smallest absolute Gasteiger partial charge is 0.265 e. The Morgan fingerprint density at radius 1 is 1.00 bits per heavy atom. The lowest BCUT2D eigenvalue weighted by atomic mass is 10.1. The highest BCUT2D eigenvalue weighted by Gasteiger charge is 2.30. The summed E-state index contributed by atoms with van der Waals surface area (Å²) in [7, 11) is 0. The highest BCUT2D eigenvalue weighted by atomic mass is 35.5. The van der Waals surface area contributed by atoms with Crippen LogP contribution in [0.4, 0.5) is 5.69 Å². The zero-order chi connectivity index (χ0) is 22.0. The Hall–Kier alpha value is -2.56. The summed E-state index contributed by atoms with van der Waals surface area (Å²) in [6.45, 7) is 1.47. The maximum Gasteiger partial charge on any atom is 0.294 e. The number of carbonyl (C=O) groups excluding carboxylic acids is 1. The number of benzene rings is 2. The minimum Gasteiger partial charge on any atom is -0.265 e. The van der Waals surface area contributed by atoms with Crippen LogP contribution in [-0.4, -0.2) is 33.8 Å². The molecule has 1 amide bonds. The van der Waals surface area contributed by atoms with Crippen molar-refractivity contribution < 1.29 is 4.79 Å². The Morgan fingerprint density at radius 2 is 1.68 bits per heavy atom. The Bertz CT molecular complexity index is 1150. The number of piperidine rings is 1. The van der Waals surface area contributed by atoms with Crippen LogP contribution >= 0.6 is 34.8 Å². The van der Waals surface area contributed by atoms with E-state index in [-0.39, 0.29) is 17.2 Å². The minimum absolute atomic E-state index is 0.0500. The Kier molecular flexibility index (Phi) is 6.49. The van der Waals surface area contributed by atoms with E-state index in [0.29, 0.717) is 26.4 Å². The number of aromatic nitrogens is 2. The Morgan fingerprint density at radius 3 is 2.32 bits per heavy atom. The number of nitrogens with zero attached hydrogens (tertiary/aromatic N) is 5. The van der Waals surface area contributed by atoms with E-state index in [1.54, 1.807) is 47.5 Å². The molecular weight excluding hydrogens is 457 g/mol. The molecule has 0 aliphatic carbocycles. The SMILES string of the molecule is N#Cc1cn(-c2ccc(Cl)cc2Cl)nc1C(=O)N(c1ccc(Cl)cc1)N1CCCCC1. The number of rotatable bonds is 4. The largest absolute Gasteiger partial charge is 0.294 e. The van der Waals surface area contributed by atoms with Crippen LogP contribution in [0.15, 0.2) is 48.7 Å². The molecule has 0 radical (unpaired) electrons. The van der Waals surface area contributed by atoms with Gasteiger partial charge in [-0.2, -0.15) is 10.4 Å². The normalized spacial score (nSPS) is 14.3. The van der Waals surface area contributed by atoms with Crippen molar-refractivity contribution in [2.24, 2.45) is 0 Å². The average Bonchev–Trinajstić information content (AvgIpc) is 3.20. The molecule has 0 saturated carbocycles. The lowest BCUT2D eigenvalue weighted by molar-refractivity contribution is 0.0867. The molecule has 0 unspecified atom stereocenters. The van der Waals surface area contributed by atoms with Gasteiger partial charge in [0.2, 0.25) is 0 Å². The summed E-state index contributed by atoms with van der Waals surface area (Å²) >= 11 is 18.3. The third-order valence-corrected chi connectivity index (χ3v) is 5.86. The number of hydrazine groups is 1. The Labute approximate surface area is 195 Å². The standard InChI is InChI=1S/C22H18Cl3N5O/c23-16-4-7-18(8-5-16)30(28-10-2-1-3-11-28)22(31)21-15(13-26)14-29(27-21)20-9-6-17(24)12-19(20)25/h4-9,12,14H,1-3,10-11H2. The Balaban J connectivity index is 1.76. The van der Waals surface area contributed by atoms with Gasteiger partial charge in [0.15, 0.2) is 5.69 Å². The second-order valence-electron chi connectivity index (χ2n) is 7.15. The highest BCUT2D eigenvalue weighted by Crippen LogP contribution is 2.27. The summed E-state index contributed by atoms with van der Waals surface area (Å²) in [6, 6.07) is 14.1. The van der Waals surface area contributed by atoms with E-state index in [2.05, 4.69) is 11.2 Å². The number of anilines is 1. The van der Waals surface area contributed by atoms with Crippen molar-refractivity contribution in [3.05, 3.63) is 75.0 Å². The number of amides is 1. The van der Waals surface area contributed by atoms with Gasteiger partial charge in [-0.25, -0.2) is 14.7 Å². The molecule has 0 atom stereocenters. The fourth-order valence-electron chi connectivity index (χ4n) is 3.57. The first-order chi connectivity index (χ1) is 15.0. The molecule has 1 fully saturated rings.